The lowest BCUT2D eigenvalue weighted by molar-refractivity contribution is 1.07. The summed E-state index contributed by atoms with van der Waals surface area (Å²) in [7, 11) is 22.3. The summed E-state index contributed by atoms with van der Waals surface area (Å²) in [6.45, 7) is 0. The summed E-state index contributed by atoms with van der Waals surface area (Å²) >= 11 is 8.12. The lowest BCUT2D eigenvalue weighted by Gasteiger charge is -2.14. The van der Waals surface area contributed by atoms with Gasteiger partial charge in [-0.05, 0) is 11.5 Å². The first kappa shape index (κ1) is 17.3. The van der Waals surface area contributed by atoms with E-state index in [2.05, 4.69) is 12.6 Å². The van der Waals surface area contributed by atoms with Crippen LogP contribution in [0, 0.1) is 0 Å². The minimum Gasteiger partial charge on any atom is -0.174 e. The molecule has 0 aliphatic rings. The molecule has 0 heterocycles. The molecular weight excluding hydrogens is 248 g/mol. The predicted octanol–water partition coefficient (Wildman–Crippen LogP) is 1.84. The van der Waals surface area contributed by atoms with Crippen molar-refractivity contribution in [3.63, 3.8) is 0 Å². The number of thioether (sulfide) groups is 2. The fraction of sp³-hybridized carbons (Fsp3) is 1.00. The van der Waals surface area contributed by atoms with Crippen LogP contribution in [-0.2, 0) is 0 Å². The zero-order valence-electron chi connectivity index (χ0n) is 9.55. The second kappa shape index (κ2) is 11.4. The van der Waals surface area contributed by atoms with Gasteiger partial charge in [-0.15, -0.1) is 0 Å². The second-order valence-electron chi connectivity index (χ2n) is 3.72. The van der Waals surface area contributed by atoms with Gasteiger partial charge >= 0.3 is 0 Å². The van der Waals surface area contributed by atoms with E-state index in [-0.39, 0.29) is 11.6 Å². The SMILES string of the molecule is [B]CC([B])CSCC(S)CSCC([B])C[B]. The van der Waals surface area contributed by atoms with Gasteiger partial charge in [0, 0.05) is 16.8 Å². The number of hydrogen-bond acceptors (Lipinski definition) is 3. The number of rotatable bonds is 10. The van der Waals surface area contributed by atoms with Gasteiger partial charge in [0.05, 0.1) is 31.4 Å². The van der Waals surface area contributed by atoms with E-state index in [0.29, 0.717) is 17.9 Å². The molecule has 0 aliphatic carbocycles. The summed E-state index contributed by atoms with van der Waals surface area (Å²) in [6, 6.07) is 0. The maximum absolute atomic E-state index is 5.71. The third-order valence-electron chi connectivity index (χ3n) is 1.89. The lowest BCUT2D eigenvalue weighted by Crippen LogP contribution is -2.09. The summed E-state index contributed by atoms with van der Waals surface area (Å²) in [5.74, 6) is 4.01. The summed E-state index contributed by atoms with van der Waals surface area (Å²) < 4.78 is 0. The Hall–Kier alpha value is 1.31. The molecule has 2 unspecified atom stereocenters. The normalized spacial score (nSPS) is 16.8. The Morgan fingerprint density at radius 1 is 0.812 bits per heavy atom. The molecule has 0 fully saturated rings. The molecule has 16 heavy (non-hydrogen) atoms. The van der Waals surface area contributed by atoms with Gasteiger partial charge in [-0.3, -0.25) is 0 Å². The maximum Gasteiger partial charge on any atom is 0.0700 e. The van der Waals surface area contributed by atoms with Gasteiger partial charge in [-0.25, -0.2) is 0 Å². The average Bonchev–Trinajstić information content (AvgIpc) is 2.28. The second-order valence-corrected chi connectivity index (χ2v) is 6.60. The highest BCUT2D eigenvalue weighted by Crippen LogP contribution is 2.20. The van der Waals surface area contributed by atoms with Gasteiger partial charge in [0.25, 0.3) is 0 Å². The molecule has 0 amide bonds. The highest BCUT2D eigenvalue weighted by Gasteiger charge is 2.06. The molecule has 0 aromatic rings. The summed E-state index contributed by atoms with van der Waals surface area (Å²) in [5, 5.41) is 0.380. The largest absolute Gasteiger partial charge is 0.174 e. The molecule has 0 nitrogen and oxygen atoms in total. The zero-order valence-corrected chi connectivity index (χ0v) is 12.1. The lowest BCUT2D eigenvalue weighted by atomic mass is 9.78. The van der Waals surface area contributed by atoms with Crippen molar-refractivity contribution in [2.24, 2.45) is 0 Å². The fourth-order valence-corrected chi connectivity index (χ4v) is 3.61. The van der Waals surface area contributed by atoms with Gasteiger partial charge in [0.2, 0.25) is 0 Å². The topological polar surface area (TPSA) is 0 Å². The van der Waals surface area contributed by atoms with E-state index >= 15 is 0 Å². The number of thiol groups is 1. The van der Waals surface area contributed by atoms with Crippen molar-refractivity contribution in [2.75, 3.05) is 23.0 Å². The fourth-order valence-electron chi connectivity index (χ4n) is 0.895. The van der Waals surface area contributed by atoms with Gasteiger partial charge in [-0.1, -0.05) is 24.3 Å². The summed E-state index contributed by atoms with van der Waals surface area (Å²) in [6.07, 6.45) is 1.09. The Morgan fingerprint density at radius 3 is 1.50 bits per heavy atom. The summed E-state index contributed by atoms with van der Waals surface area (Å²) in [5.41, 5.74) is 0. The van der Waals surface area contributed by atoms with Gasteiger partial charge in [0.15, 0.2) is 0 Å². The third kappa shape index (κ3) is 10.5. The Bertz CT molecular complexity index is 146. The van der Waals surface area contributed by atoms with Crippen molar-refractivity contribution in [2.45, 2.75) is 29.5 Å². The molecule has 0 saturated carbocycles. The van der Waals surface area contributed by atoms with Crippen LogP contribution in [0.25, 0.3) is 0 Å². The van der Waals surface area contributed by atoms with Crippen molar-refractivity contribution in [1.29, 1.82) is 0 Å². The minimum atomic E-state index is 0.101. The standard InChI is InChI=1S/C9H16B4S3/c10-1-7(12)3-15-5-9(14)6-16-4-8(13)2-11/h7-9,14H,1-6H2. The van der Waals surface area contributed by atoms with Crippen LogP contribution < -0.4 is 0 Å². The average molecular weight is 264 g/mol. The molecule has 0 rings (SSSR count). The molecule has 0 aromatic heterocycles. The van der Waals surface area contributed by atoms with E-state index in [1.54, 1.807) is 0 Å². The molecule has 2 atom stereocenters. The molecule has 0 aromatic carbocycles. The quantitative estimate of drug-likeness (QED) is 0.472. The highest BCUT2D eigenvalue weighted by molar-refractivity contribution is 8.01. The van der Waals surface area contributed by atoms with Crippen molar-refractivity contribution < 1.29 is 0 Å². The number of hydrogen-bond donors (Lipinski definition) is 1. The van der Waals surface area contributed by atoms with E-state index in [1.807, 2.05) is 23.5 Å². The van der Waals surface area contributed by atoms with Gasteiger partial charge in [-0.2, -0.15) is 36.2 Å². The Kier molecular flexibility index (Phi) is 12.3. The van der Waals surface area contributed by atoms with Crippen LogP contribution in [-0.4, -0.2) is 59.6 Å². The molecule has 8 radical (unpaired) electrons. The monoisotopic (exact) mass is 264 g/mol. The zero-order chi connectivity index (χ0) is 12.4. The van der Waals surface area contributed by atoms with Crippen molar-refractivity contribution >= 4 is 67.5 Å². The van der Waals surface area contributed by atoms with E-state index in [9.17, 15) is 0 Å². The molecule has 7 heteroatoms. The van der Waals surface area contributed by atoms with Crippen LogP contribution in [0.5, 0.6) is 0 Å². The van der Waals surface area contributed by atoms with E-state index in [4.69, 9.17) is 31.4 Å². The van der Waals surface area contributed by atoms with Crippen LogP contribution >= 0.6 is 36.2 Å². The molecule has 0 bridgehead atoms. The Morgan fingerprint density at radius 2 is 1.19 bits per heavy atom. The first-order valence-electron chi connectivity index (χ1n) is 5.35. The first-order chi connectivity index (χ1) is 7.60. The smallest absolute Gasteiger partial charge is 0.0700 e. The van der Waals surface area contributed by atoms with Crippen molar-refractivity contribution in [3.05, 3.63) is 0 Å². The minimum absolute atomic E-state index is 0.101. The Labute approximate surface area is 120 Å². The molecule has 0 N–H and O–H groups in total. The van der Waals surface area contributed by atoms with Gasteiger partial charge < -0.3 is 0 Å². The van der Waals surface area contributed by atoms with E-state index < -0.39 is 0 Å². The van der Waals surface area contributed by atoms with Gasteiger partial charge in [0.1, 0.15) is 0 Å². The van der Waals surface area contributed by atoms with Crippen LogP contribution in [0.4, 0.5) is 0 Å². The molecule has 0 spiro atoms. The first-order valence-corrected chi connectivity index (χ1v) is 8.17. The van der Waals surface area contributed by atoms with Crippen LogP contribution in [0.1, 0.15) is 0 Å². The molecule has 82 valence electrons. The Balaban J connectivity index is 3.34. The van der Waals surface area contributed by atoms with E-state index in [0.717, 1.165) is 23.0 Å². The highest BCUT2D eigenvalue weighted by atomic mass is 32.2. The van der Waals surface area contributed by atoms with Crippen molar-refractivity contribution in [3.8, 4) is 0 Å². The van der Waals surface area contributed by atoms with Crippen molar-refractivity contribution in [1.82, 2.24) is 0 Å². The molecule has 0 aliphatic heterocycles. The molecular formula is C9H16B4S3. The van der Waals surface area contributed by atoms with Crippen LogP contribution in [0.15, 0.2) is 0 Å². The predicted molar refractivity (Wildman–Crippen MR) is 87.6 cm³/mol. The third-order valence-corrected chi connectivity index (χ3v) is 5.35. The molecule has 0 saturated heterocycles. The maximum atomic E-state index is 5.71. The van der Waals surface area contributed by atoms with E-state index in [1.165, 1.54) is 0 Å². The summed E-state index contributed by atoms with van der Waals surface area (Å²) in [4.78, 5) is 0. The van der Waals surface area contributed by atoms with Crippen LogP contribution in [0.3, 0.4) is 0 Å². The van der Waals surface area contributed by atoms with Crippen LogP contribution in [0.2, 0.25) is 24.3 Å².